The first-order valence-electron chi connectivity index (χ1n) is 6.68. The lowest BCUT2D eigenvalue weighted by atomic mass is 10.00. The van der Waals surface area contributed by atoms with Crippen LogP contribution in [0.5, 0.6) is 0 Å². The summed E-state index contributed by atoms with van der Waals surface area (Å²) < 4.78 is 5.63. The van der Waals surface area contributed by atoms with Crippen LogP contribution < -0.4 is 0 Å². The van der Waals surface area contributed by atoms with Gasteiger partial charge in [0.1, 0.15) is 5.60 Å². The van der Waals surface area contributed by atoms with Crippen LogP contribution in [0.25, 0.3) is 6.08 Å². The summed E-state index contributed by atoms with van der Waals surface area (Å²) in [5, 5.41) is 0. The van der Waals surface area contributed by atoms with Gasteiger partial charge in [0.15, 0.2) is 5.78 Å². The Kier molecular flexibility index (Phi) is 4.01. The van der Waals surface area contributed by atoms with Crippen molar-refractivity contribution in [2.75, 3.05) is 6.61 Å². The highest BCUT2D eigenvalue weighted by molar-refractivity contribution is 6.05. The first kappa shape index (κ1) is 13.8. The summed E-state index contributed by atoms with van der Waals surface area (Å²) in [6, 6.07) is 10.1. The molecule has 0 heterocycles. The van der Waals surface area contributed by atoms with Gasteiger partial charge in [-0.3, -0.25) is 4.79 Å². The number of ketones is 1. The quantitative estimate of drug-likeness (QED) is 0.819. The number of carbonyl (C=O) groups excluding carboxylic acids is 1. The Morgan fingerprint density at radius 3 is 2.58 bits per heavy atom. The predicted octanol–water partition coefficient (Wildman–Crippen LogP) is 3.78. The molecular weight excluding hydrogens is 236 g/mol. The van der Waals surface area contributed by atoms with Gasteiger partial charge in [-0.1, -0.05) is 42.5 Å². The highest BCUT2D eigenvalue weighted by Gasteiger charge is 2.41. The fourth-order valence-electron chi connectivity index (χ4n) is 2.50. The normalized spacial score (nSPS) is 23.6. The maximum absolute atomic E-state index is 12.2. The van der Waals surface area contributed by atoms with Crippen molar-refractivity contribution in [2.45, 2.75) is 32.8 Å². The van der Waals surface area contributed by atoms with Crippen molar-refractivity contribution >= 4 is 11.9 Å². The molecule has 0 N–H and O–H groups in total. The number of Topliss-reactive ketones (excluding diaryl/α,β-unsaturated/α-hetero) is 1. The highest BCUT2D eigenvalue weighted by atomic mass is 16.5. The minimum Gasteiger partial charge on any atom is -0.367 e. The molecule has 0 fully saturated rings. The first-order chi connectivity index (χ1) is 9.07. The maximum Gasteiger partial charge on any atom is 0.190 e. The van der Waals surface area contributed by atoms with E-state index >= 15 is 0 Å². The third-order valence-electron chi connectivity index (χ3n) is 3.57. The summed E-state index contributed by atoms with van der Waals surface area (Å²) in [5.74, 6) is 0.113. The van der Waals surface area contributed by atoms with Gasteiger partial charge in [-0.25, -0.2) is 0 Å². The second-order valence-corrected chi connectivity index (χ2v) is 5.06. The molecule has 19 heavy (non-hydrogen) atoms. The van der Waals surface area contributed by atoms with Crippen LogP contribution in [0.3, 0.4) is 0 Å². The predicted molar refractivity (Wildman–Crippen MR) is 77.8 cm³/mol. The van der Waals surface area contributed by atoms with E-state index in [4.69, 9.17) is 4.74 Å². The van der Waals surface area contributed by atoms with Crippen molar-refractivity contribution < 1.29 is 9.53 Å². The molecule has 2 nitrogen and oxygen atoms in total. The molecule has 1 aromatic rings. The summed E-state index contributed by atoms with van der Waals surface area (Å²) in [7, 11) is 0. The van der Waals surface area contributed by atoms with Crippen LogP contribution in [-0.4, -0.2) is 18.0 Å². The van der Waals surface area contributed by atoms with Crippen molar-refractivity contribution in [3.8, 4) is 0 Å². The van der Waals surface area contributed by atoms with Crippen molar-refractivity contribution in [2.24, 2.45) is 0 Å². The minimum atomic E-state index is -0.671. The van der Waals surface area contributed by atoms with Crippen LogP contribution >= 0.6 is 0 Å². The van der Waals surface area contributed by atoms with Gasteiger partial charge < -0.3 is 4.74 Å². The number of hydrogen-bond donors (Lipinski definition) is 0. The van der Waals surface area contributed by atoms with Crippen LogP contribution in [0.15, 0.2) is 47.6 Å². The molecule has 0 spiro atoms. The third kappa shape index (κ3) is 2.85. The summed E-state index contributed by atoms with van der Waals surface area (Å²) in [4.78, 5) is 12.2. The molecule has 100 valence electrons. The molecule has 1 atom stereocenters. The molecule has 1 aliphatic carbocycles. The van der Waals surface area contributed by atoms with Gasteiger partial charge in [0.05, 0.1) is 0 Å². The molecular formula is C17H20O2. The zero-order valence-electron chi connectivity index (χ0n) is 11.8. The highest BCUT2D eigenvalue weighted by Crippen LogP contribution is 2.35. The second-order valence-electron chi connectivity index (χ2n) is 5.06. The van der Waals surface area contributed by atoms with E-state index in [1.165, 1.54) is 0 Å². The SMILES string of the molecule is CCOC1(C)CC(/C=C/c2ccccc2)=C(C)C1=O. The Balaban J connectivity index is 2.18. The third-order valence-corrected chi connectivity index (χ3v) is 3.57. The van der Waals surface area contributed by atoms with E-state index in [0.717, 1.165) is 16.7 Å². The number of benzene rings is 1. The van der Waals surface area contributed by atoms with E-state index in [1.54, 1.807) is 0 Å². The molecule has 1 aromatic carbocycles. The zero-order valence-corrected chi connectivity index (χ0v) is 11.8. The van der Waals surface area contributed by atoms with E-state index in [-0.39, 0.29) is 5.78 Å². The standard InChI is InChI=1S/C17H20O2/c1-4-19-17(3)12-15(13(2)16(17)18)11-10-14-8-6-5-7-9-14/h5-11H,4,12H2,1-3H3/b11-10+. The largest absolute Gasteiger partial charge is 0.367 e. The molecule has 0 saturated heterocycles. The fraction of sp³-hybridized carbons (Fsp3) is 0.353. The van der Waals surface area contributed by atoms with Crippen LogP contribution in [0.2, 0.25) is 0 Å². The zero-order chi connectivity index (χ0) is 13.9. The molecule has 0 bridgehead atoms. The Bertz CT molecular complexity index is 525. The molecule has 0 saturated carbocycles. The van der Waals surface area contributed by atoms with E-state index in [0.29, 0.717) is 13.0 Å². The Morgan fingerprint density at radius 1 is 1.26 bits per heavy atom. The van der Waals surface area contributed by atoms with E-state index in [1.807, 2.05) is 63.3 Å². The lowest BCUT2D eigenvalue weighted by Gasteiger charge is -2.22. The van der Waals surface area contributed by atoms with Crippen LogP contribution in [0, 0.1) is 0 Å². The smallest absolute Gasteiger partial charge is 0.190 e. The average Bonchev–Trinajstić information content (AvgIpc) is 2.63. The van der Waals surface area contributed by atoms with Crippen molar-refractivity contribution in [1.82, 2.24) is 0 Å². The molecule has 1 unspecified atom stereocenters. The molecule has 0 radical (unpaired) electrons. The molecule has 2 heteroatoms. The maximum atomic E-state index is 12.2. The van der Waals surface area contributed by atoms with Gasteiger partial charge in [0, 0.05) is 13.0 Å². The average molecular weight is 256 g/mol. The van der Waals surface area contributed by atoms with Crippen molar-refractivity contribution in [3.05, 3.63) is 53.1 Å². The summed E-state index contributed by atoms with van der Waals surface area (Å²) >= 11 is 0. The van der Waals surface area contributed by atoms with E-state index < -0.39 is 5.60 Å². The van der Waals surface area contributed by atoms with Gasteiger partial charge >= 0.3 is 0 Å². The Hall–Kier alpha value is -1.67. The topological polar surface area (TPSA) is 26.3 Å². The minimum absolute atomic E-state index is 0.113. The van der Waals surface area contributed by atoms with Crippen molar-refractivity contribution in [1.29, 1.82) is 0 Å². The number of allylic oxidation sites excluding steroid dienone is 1. The van der Waals surface area contributed by atoms with Crippen LogP contribution in [-0.2, 0) is 9.53 Å². The number of hydrogen-bond acceptors (Lipinski definition) is 2. The lowest BCUT2D eigenvalue weighted by Crippen LogP contribution is -2.34. The Labute approximate surface area is 114 Å². The lowest BCUT2D eigenvalue weighted by molar-refractivity contribution is -0.135. The molecule has 0 aliphatic heterocycles. The van der Waals surface area contributed by atoms with E-state index in [9.17, 15) is 4.79 Å². The Morgan fingerprint density at radius 2 is 1.95 bits per heavy atom. The molecule has 0 aromatic heterocycles. The van der Waals surface area contributed by atoms with Gasteiger partial charge in [0.25, 0.3) is 0 Å². The molecule has 2 rings (SSSR count). The van der Waals surface area contributed by atoms with Gasteiger partial charge in [-0.05, 0) is 37.5 Å². The van der Waals surface area contributed by atoms with Gasteiger partial charge in [-0.2, -0.15) is 0 Å². The van der Waals surface area contributed by atoms with Crippen molar-refractivity contribution in [3.63, 3.8) is 0 Å². The number of ether oxygens (including phenoxy) is 1. The fourth-order valence-corrected chi connectivity index (χ4v) is 2.50. The summed E-state index contributed by atoms with van der Waals surface area (Å²) in [6.45, 7) is 6.25. The molecule has 0 amide bonds. The summed E-state index contributed by atoms with van der Waals surface area (Å²) in [5.41, 5.74) is 2.36. The second kappa shape index (κ2) is 5.54. The number of rotatable bonds is 4. The number of carbonyl (C=O) groups is 1. The summed E-state index contributed by atoms with van der Waals surface area (Å²) in [6.07, 6.45) is 4.74. The first-order valence-corrected chi connectivity index (χ1v) is 6.68. The van der Waals surface area contributed by atoms with Gasteiger partial charge in [0.2, 0.25) is 0 Å². The molecule has 1 aliphatic rings. The van der Waals surface area contributed by atoms with Gasteiger partial charge in [-0.15, -0.1) is 0 Å². The van der Waals surface area contributed by atoms with E-state index in [2.05, 4.69) is 0 Å². The van der Waals surface area contributed by atoms with Crippen LogP contribution in [0.4, 0.5) is 0 Å². The van der Waals surface area contributed by atoms with Crippen LogP contribution in [0.1, 0.15) is 32.8 Å². The monoisotopic (exact) mass is 256 g/mol.